The fourth-order valence-electron chi connectivity index (χ4n) is 2.07. The Morgan fingerprint density at radius 2 is 2.33 bits per heavy atom. The van der Waals surface area contributed by atoms with Gasteiger partial charge in [0, 0.05) is 12.3 Å². The van der Waals surface area contributed by atoms with Gasteiger partial charge in [0.25, 0.3) is 0 Å². The molecule has 0 spiro atoms. The summed E-state index contributed by atoms with van der Waals surface area (Å²) in [4.78, 5) is 4.51. The predicted octanol–water partition coefficient (Wildman–Crippen LogP) is 2.60. The summed E-state index contributed by atoms with van der Waals surface area (Å²) in [7, 11) is 0. The van der Waals surface area contributed by atoms with Crippen molar-refractivity contribution in [2.24, 2.45) is 16.8 Å². The zero-order valence-electron chi connectivity index (χ0n) is 7.75. The van der Waals surface area contributed by atoms with Crippen molar-refractivity contribution in [3.05, 3.63) is 23.8 Å². The molecule has 2 unspecified atom stereocenters. The Bertz CT molecular complexity index is 271. The molecule has 0 aromatic rings. The Balaban J connectivity index is 2.36. The molecule has 1 heterocycles. The van der Waals surface area contributed by atoms with Crippen molar-refractivity contribution in [3.63, 3.8) is 0 Å². The Morgan fingerprint density at radius 1 is 1.50 bits per heavy atom. The Labute approximate surface area is 73.9 Å². The molecule has 12 heavy (non-hydrogen) atoms. The highest BCUT2D eigenvalue weighted by atomic mass is 14.8. The molecule has 64 valence electrons. The normalized spacial score (nSPS) is 33.8. The highest BCUT2D eigenvalue weighted by Gasteiger charge is 2.26. The van der Waals surface area contributed by atoms with Gasteiger partial charge in [0.05, 0.1) is 0 Å². The first-order chi connectivity index (χ1) is 5.79. The van der Waals surface area contributed by atoms with Gasteiger partial charge in [0.2, 0.25) is 0 Å². The molecular formula is C11H15N. The van der Waals surface area contributed by atoms with Crippen molar-refractivity contribution in [1.29, 1.82) is 0 Å². The number of allylic oxidation sites excluding steroid dienone is 4. The SMILES string of the molecule is CC1=NCC(C)C2CC=CC=C12. The molecule has 0 saturated heterocycles. The second-order valence-corrected chi connectivity index (χ2v) is 3.80. The van der Waals surface area contributed by atoms with Crippen LogP contribution in [0.15, 0.2) is 28.8 Å². The first-order valence-corrected chi connectivity index (χ1v) is 4.67. The first kappa shape index (κ1) is 7.78. The van der Waals surface area contributed by atoms with Crippen molar-refractivity contribution in [2.45, 2.75) is 20.3 Å². The van der Waals surface area contributed by atoms with Gasteiger partial charge in [-0.1, -0.05) is 25.2 Å². The Kier molecular flexibility index (Phi) is 1.87. The van der Waals surface area contributed by atoms with Crippen molar-refractivity contribution < 1.29 is 0 Å². The molecule has 0 saturated carbocycles. The summed E-state index contributed by atoms with van der Waals surface area (Å²) in [5.74, 6) is 1.47. The molecule has 0 radical (unpaired) electrons. The van der Waals surface area contributed by atoms with Crippen molar-refractivity contribution in [2.75, 3.05) is 6.54 Å². The first-order valence-electron chi connectivity index (χ1n) is 4.67. The Hall–Kier alpha value is -0.850. The minimum Gasteiger partial charge on any atom is -0.289 e. The fourth-order valence-corrected chi connectivity index (χ4v) is 2.07. The molecule has 0 fully saturated rings. The lowest BCUT2D eigenvalue weighted by Crippen LogP contribution is -2.26. The molecule has 1 aliphatic carbocycles. The lowest BCUT2D eigenvalue weighted by Gasteiger charge is -2.30. The smallest absolute Gasteiger partial charge is 0.0424 e. The standard InChI is InChI=1S/C11H15N/c1-8-7-12-9(2)11-6-4-3-5-10(8)11/h3-4,6,8,10H,5,7H2,1-2H3. The number of aliphatic imine (C=N–C) groups is 1. The third-order valence-electron chi connectivity index (χ3n) is 2.92. The highest BCUT2D eigenvalue weighted by Crippen LogP contribution is 2.32. The summed E-state index contributed by atoms with van der Waals surface area (Å²) >= 11 is 0. The van der Waals surface area contributed by atoms with Crippen LogP contribution in [0.5, 0.6) is 0 Å². The molecule has 2 aliphatic rings. The molecule has 1 aliphatic heterocycles. The topological polar surface area (TPSA) is 12.4 Å². The number of fused-ring (bicyclic) bond motifs is 1. The van der Waals surface area contributed by atoms with Gasteiger partial charge in [0.15, 0.2) is 0 Å². The van der Waals surface area contributed by atoms with E-state index >= 15 is 0 Å². The van der Waals surface area contributed by atoms with Crippen LogP contribution in [0.1, 0.15) is 20.3 Å². The van der Waals surface area contributed by atoms with Crippen LogP contribution in [0.4, 0.5) is 0 Å². The zero-order valence-corrected chi connectivity index (χ0v) is 7.75. The average Bonchev–Trinajstić information content (AvgIpc) is 2.12. The predicted molar refractivity (Wildman–Crippen MR) is 52.5 cm³/mol. The van der Waals surface area contributed by atoms with E-state index in [0.29, 0.717) is 0 Å². The number of nitrogens with zero attached hydrogens (tertiary/aromatic N) is 1. The van der Waals surface area contributed by atoms with Crippen LogP contribution >= 0.6 is 0 Å². The van der Waals surface area contributed by atoms with Gasteiger partial charge in [-0.05, 0) is 30.8 Å². The summed E-state index contributed by atoms with van der Waals surface area (Å²) < 4.78 is 0. The van der Waals surface area contributed by atoms with Crippen LogP contribution in [0.25, 0.3) is 0 Å². The lowest BCUT2D eigenvalue weighted by molar-refractivity contribution is 0.418. The van der Waals surface area contributed by atoms with E-state index in [-0.39, 0.29) is 0 Å². The summed E-state index contributed by atoms with van der Waals surface area (Å²) in [5, 5.41) is 0. The number of hydrogen-bond acceptors (Lipinski definition) is 1. The summed E-state index contributed by atoms with van der Waals surface area (Å²) in [5.41, 5.74) is 2.72. The van der Waals surface area contributed by atoms with Gasteiger partial charge in [0.1, 0.15) is 0 Å². The van der Waals surface area contributed by atoms with Crippen molar-refractivity contribution >= 4 is 5.71 Å². The van der Waals surface area contributed by atoms with E-state index in [2.05, 4.69) is 37.1 Å². The van der Waals surface area contributed by atoms with Crippen LogP contribution in [0.2, 0.25) is 0 Å². The van der Waals surface area contributed by atoms with Crippen LogP contribution < -0.4 is 0 Å². The van der Waals surface area contributed by atoms with Crippen molar-refractivity contribution in [1.82, 2.24) is 0 Å². The molecule has 0 amide bonds. The number of hydrogen-bond donors (Lipinski definition) is 0. The maximum Gasteiger partial charge on any atom is 0.0424 e. The largest absolute Gasteiger partial charge is 0.289 e. The van der Waals surface area contributed by atoms with E-state index in [1.54, 1.807) is 0 Å². The summed E-state index contributed by atoms with van der Waals surface area (Å²) in [6.07, 6.45) is 7.86. The van der Waals surface area contributed by atoms with Gasteiger partial charge in [-0.25, -0.2) is 0 Å². The summed E-state index contributed by atoms with van der Waals surface area (Å²) in [6, 6.07) is 0. The highest BCUT2D eigenvalue weighted by molar-refractivity contribution is 5.99. The molecule has 0 bridgehead atoms. The third kappa shape index (κ3) is 1.13. The van der Waals surface area contributed by atoms with Crippen LogP contribution in [-0.4, -0.2) is 12.3 Å². The van der Waals surface area contributed by atoms with Gasteiger partial charge in [-0.15, -0.1) is 0 Å². The van der Waals surface area contributed by atoms with E-state index in [9.17, 15) is 0 Å². The molecule has 0 N–H and O–H groups in total. The van der Waals surface area contributed by atoms with Crippen LogP contribution in [0, 0.1) is 11.8 Å². The van der Waals surface area contributed by atoms with E-state index in [1.165, 1.54) is 17.7 Å². The maximum absolute atomic E-state index is 4.51. The second kappa shape index (κ2) is 2.89. The molecule has 1 nitrogen and oxygen atoms in total. The minimum absolute atomic E-state index is 0.727. The lowest BCUT2D eigenvalue weighted by atomic mass is 9.78. The molecule has 0 aromatic carbocycles. The Morgan fingerprint density at radius 3 is 3.08 bits per heavy atom. The van der Waals surface area contributed by atoms with Gasteiger partial charge in [-0.3, -0.25) is 4.99 Å². The minimum atomic E-state index is 0.727. The van der Waals surface area contributed by atoms with E-state index in [1.807, 2.05) is 0 Å². The van der Waals surface area contributed by atoms with E-state index in [4.69, 9.17) is 0 Å². The monoisotopic (exact) mass is 161 g/mol. The fraction of sp³-hybridized carbons (Fsp3) is 0.545. The van der Waals surface area contributed by atoms with Gasteiger partial charge >= 0.3 is 0 Å². The van der Waals surface area contributed by atoms with Gasteiger partial charge in [-0.2, -0.15) is 0 Å². The molecule has 2 atom stereocenters. The van der Waals surface area contributed by atoms with E-state index < -0.39 is 0 Å². The molecule has 1 heteroatoms. The molecular weight excluding hydrogens is 146 g/mol. The molecule has 0 aromatic heterocycles. The van der Waals surface area contributed by atoms with Crippen LogP contribution in [0.3, 0.4) is 0 Å². The average molecular weight is 161 g/mol. The third-order valence-corrected chi connectivity index (χ3v) is 2.92. The van der Waals surface area contributed by atoms with E-state index in [0.717, 1.165) is 18.4 Å². The quantitative estimate of drug-likeness (QED) is 0.518. The zero-order chi connectivity index (χ0) is 8.55. The maximum atomic E-state index is 4.51. The van der Waals surface area contributed by atoms with Crippen molar-refractivity contribution in [3.8, 4) is 0 Å². The second-order valence-electron chi connectivity index (χ2n) is 3.80. The summed E-state index contributed by atoms with van der Waals surface area (Å²) in [6.45, 7) is 5.44. The number of rotatable bonds is 0. The van der Waals surface area contributed by atoms with Crippen LogP contribution in [-0.2, 0) is 0 Å². The van der Waals surface area contributed by atoms with Gasteiger partial charge < -0.3 is 0 Å². The molecule has 2 rings (SSSR count).